The van der Waals surface area contributed by atoms with Gasteiger partial charge in [0.15, 0.2) is 0 Å². The standard InChI is InChI=1S/C19H21N3O3S2/c1-12(2)25-18-7-6-16(27(20,23)24)8-15(18)9-19-22-17(11-26-19)14-5-4-13(3)21-10-14/h4-8,10-12H,9H2,1-3H3,(H2,20,23,24). The highest BCUT2D eigenvalue weighted by atomic mass is 32.2. The van der Waals surface area contributed by atoms with E-state index >= 15 is 0 Å². The quantitative estimate of drug-likeness (QED) is 0.679. The van der Waals surface area contributed by atoms with E-state index in [2.05, 4.69) is 9.97 Å². The maximum Gasteiger partial charge on any atom is 0.238 e. The molecule has 0 aliphatic rings. The van der Waals surface area contributed by atoms with Crippen molar-refractivity contribution in [3.8, 4) is 17.0 Å². The Kier molecular flexibility index (Phi) is 5.59. The van der Waals surface area contributed by atoms with Crippen molar-refractivity contribution < 1.29 is 13.2 Å². The van der Waals surface area contributed by atoms with Crippen LogP contribution in [0.25, 0.3) is 11.3 Å². The number of sulfonamides is 1. The van der Waals surface area contributed by atoms with Gasteiger partial charge in [0, 0.05) is 34.8 Å². The Hall–Kier alpha value is -2.29. The summed E-state index contributed by atoms with van der Waals surface area (Å²) in [7, 11) is -3.79. The maximum absolute atomic E-state index is 11.7. The first kappa shape index (κ1) is 19.5. The second kappa shape index (κ2) is 7.75. The Morgan fingerprint density at radius 3 is 2.63 bits per heavy atom. The minimum Gasteiger partial charge on any atom is -0.491 e. The van der Waals surface area contributed by atoms with E-state index in [0.29, 0.717) is 12.2 Å². The fourth-order valence-electron chi connectivity index (χ4n) is 2.55. The number of thiazole rings is 1. The molecular weight excluding hydrogens is 382 g/mol. The van der Waals surface area contributed by atoms with Gasteiger partial charge in [-0.2, -0.15) is 0 Å². The van der Waals surface area contributed by atoms with Gasteiger partial charge in [0.2, 0.25) is 10.0 Å². The van der Waals surface area contributed by atoms with Gasteiger partial charge >= 0.3 is 0 Å². The molecule has 0 atom stereocenters. The summed E-state index contributed by atoms with van der Waals surface area (Å²) in [6.07, 6.45) is 2.22. The summed E-state index contributed by atoms with van der Waals surface area (Å²) in [5.74, 6) is 0.631. The third-order valence-corrected chi connectivity index (χ3v) is 5.58. The fraction of sp³-hybridized carbons (Fsp3) is 0.263. The molecule has 0 saturated heterocycles. The van der Waals surface area contributed by atoms with E-state index in [1.54, 1.807) is 18.3 Å². The molecule has 3 aromatic rings. The molecule has 0 aliphatic carbocycles. The number of rotatable bonds is 6. The van der Waals surface area contributed by atoms with E-state index in [-0.39, 0.29) is 11.0 Å². The second-order valence-electron chi connectivity index (χ2n) is 6.47. The molecule has 8 heteroatoms. The average molecular weight is 404 g/mol. The van der Waals surface area contributed by atoms with Crippen molar-refractivity contribution in [3.05, 3.63) is 58.2 Å². The monoisotopic (exact) mass is 403 g/mol. The third-order valence-electron chi connectivity index (χ3n) is 3.82. The molecule has 0 aliphatic heterocycles. The Morgan fingerprint density at radius 1 is 1.22 bits per heavy atom. The molecule has 142 valence electrons. The third kappa shape index (κ3) is 4.91. The summed E-state index contributed by atoms with van der Waals surface area (Å²) in [5.41, 5.74) is 3.47. The molecule has 0 amide bonds. The van der Waals surface area contributed by atoms with Crippen LogP contribution in [-0.4, -0.2) is 24.5 Å². The highest BCUT2D eigenvalue weighted by Crippen LogP contribution is 2.29. The highest BCUT2D eigenvalue weighted by Gasteiger charge is 2.15. The number of ether oxygens (including phenoxy) is 1. The van der Waals surface area contributed by atoms with Crippen LogP contribution in [0.5, 0.6) is 5.75 Å². The second-order valence-corrected chi connectivity index (χ2v) is 8.98. The van der Waals surface area contributed by atoms with Gasteiger partial charge in [-0.25, -0.2) is 18.5 Å². The molecule has 2 N–H and O–H groups in total. The van der Waals surface area contributed by atoms with E-state index in [1.165, 1.54) is 17.4 Å². The summed E-state index contributed by atoms with van der Waals surface area (Å²) in [5, 5.41) is 8.09. The summed E-state index contributed by atoms with van der Waals surface area (Å²) >= 11 is 1.51. The van der Waals surface area contributed by atoms with Crippen LogP contribution in [0.4, 0.5) is 0 Å². The number of pyridine rings is 1. The Bertz CT molecular complexity index is 1040. The van der Waals surface area contributed by atoms with Gasteiger partial charge in [-0.05, 0) is 51.1 Å². The van der Waals surface area contributed by atoms with Crippen molar-refractivity contribution in [2.75, 3.05) is 0 Å². The molecule has 2 heterocycles. The molecular formula is C19H21N3O3S2. The lowest BCUT2D eigenvalue weighted by molar-refractivity contribution is 0.240. The molecule has 0 unspecified atom stereocenters. The lowest BCUT2D eigenvalue weighted by atomic mass is 10.1. The topological polar surface area (TPSA) is 95.2 Å². The van der Waals surface area contributed by atoms with Crippen molar-refractivity contribution in [2.24, 2.45) is 5.14 Å². The van der Waals surface area contributed by atoms with Crippen LogP contribution >= 0.6 is 11.3 Å². The van der Waals surface area contributed by atoms with E-state index in [0.717, 1.165) is 27.5 Å². The van der Waals surface area contributed by atoms with E-state index in [9.17, 15) is 8.42 Å². The number of primary sulfonamides is 1. The molecule has 1 aromatic carbocycles. The lowest BCUT2D eigenvalue weighted by Crippen LogP contribution is -2.13. The van der Waals surface area contributed by atoms with Crippen LogP contribution in [0.3, 0.4) is 0 Å². The van der Waals surface area contributed by atoms with Crippen molar-refractivity contribution in [1.82, 2.24) is 9.97 Å². The fourth-order valence-corrected chi connectivity index (χ4v) is 3.94. The summed E-state index contributed by atoms with van der Waals surface area (Å²) in [6.45, 7) is 5.78. The lowest BCUT2D eigenvalue weighted by Gasteiger charge is -2.14. The average Bonchev–Trinajstić information content (AvgIpc) is 3.04. The molecule has 0 spiro atoms. The predicted octanol–water partition coefficient (Wildman–Crippen LogP) is 3.54. The van der Waals surface area contributed by atoms with E-state index in [1.807, 2.05) is 38.3 Å². The number of hydrogen-bond acceptors (Lipinski definition) is 6. The van der Waals surface area contributed by atoms with Crippen molar-refractivity contribution >= 4 is 21.4 Å². The van der Waals surface area contributed by atoms with Crippen molar-refractivity contribution in [3.63, 3.8) is 0 Å². The molecule has 6 nitrogen and oxygen atoms in total. The predicted molar refractivity (Wildman–Crippen MR) is 106 cm³/mol. The number of aromatic nitrogens is 2. The molecule has 27 heavy (non-hydrogen) atoms. The number of hydrogen-bond donors (Lipinski definition) is 1. The largest absolute Gasteiger partial charge is 0.491 e. The van der Waals surface area contributed by atoms with Gasteiger partial charge in [0.05, 0.1) is 21.7 Å². The highest BCUT2D eigenvalue weighted by molar-refractivity contribution is 7.89. The van der Waals surface area contributed by atoms with E-state index < -0.39 is 10.0 Å². The van der Waals surface area contributed by atoms with Crippen LogP contribution in [-0.2, 0) is 16.4 Å². The smallest absolute Gasteiger partial charge is 0.238 e. The number of aryl methyl sites for hydroxylation is 1. The van der Waals surface area contributed by atoms with E-state index in [4.69, 9.17) is 9.88 Å². The summed E-state index contributed by atoms with van der Waals surface area (Å²) < 4.78 is 29.2. The Morgan fingerprint density at radius 2 is 2.00 bits per heavy atom. The van der Waals surface area contributed by atoms with Gasteiger partial charge < -0.3 is 4.74 Å². The Balaban J connectivity index is 1.93. The summed E-state index contributed by atoms with van der Waals surface area (Å²) in [6, 6.07) is 8.59. The van der Waals surface area contributed by atoms with Gasteiger partial charge in [0.1, 0.15) is 5.75 Å². The van der Waals surface area contributed by atoms with Gasteiger partial charge in [0.25, 0.3) is 0 Å². The first-order valence-corrected chi connectivity index (χ1v) is 10.8. The number of benzene rings is 1. The van der Waals surface area contributed by atoms with Gasteiger partial charge in [-0.3, -0.25) is 4.98 Å². The number of nitrogens with zero attached hydrogens (tertiary/aromatic N) is 2. The Labute approximate surface area is 163 Å². The van der Waals surface area contributed by atoms with Gasteiger partial charge in [-0.15, -0.1) is 11.3 Å². The molecule has 0 saturated carbocycles. The molecule has 0 bridgehead atoms. The molecule has 0 radical (unpaired) electrons. The molecule has 0 fully saturated rings. The summed E-state index contributed by atoms with van der Waals surface area (Å²) in [4.78, 5) is 9.02. The number of nitrogens with two attached hydrogens (primary N) is 1. The van der Waals surface area contributed by atoms with Crippen LogP contribution in [0.2, 0.25) is 0 Å². The van der Waals surface area contributed by atoms with Crippen LogP contribution in [0, 0.1) is 6.92 Å². The van der Waals surface area contributed by atoms with Crippen molar-refractivity contribution in [2.45, 2.75) is 38.2 Å². The molecule has 2 aromatic heterocycles. The van der Waals surface area contributed by atoms with Gasteiger partial charge in [-0.1, -0.05) is 0 Å². The van der Waals surface area contributed by atoms with Crippen molar-refractivity contribution in [1.29, 1.82) is 0 Å². The maximum atomic E-state index is 11.7. The normalized spacial score (nSPS) is 11.7. The SMILES string of the molecule is Cc1ccc(-c2csc(Cc3cc(S(N)(=O)=O)ccc3OC(C)C)n2)cn1. The van der Waals surface area contributed by atoms with Crippen LogP contribution in [0.15, 0.2) is 46.8 Å². The minimum absolute atomic E-state index is 0.0328. The zero-order chi connectivity index (χ0) is 19.6. The first-order valence-electron chi connectivity index (χ1n) is 8.42. The zero-order valence-electron chi connectivity index (χ0n) is 15.3. The minimum atomic E-state index is -3.79. The molecule has 3 rings (SSSR count). The first-order chi connectivity index (χ1) is 12.7. The zero-order valence-corrected chi connectivity index (χ0v) is 17.0. The van der Waals surface area contributed by atoms with Crippen LogP contribution in [0.1, 0.15) is 30.1 Å². The van der Waals surface area contributed by atoms with Crippen LogP contribution < -0.4 is 9.88 Å².